The zero-order chi connectivity index (χ0) is 16.8. The summed E-state index contributed by atoms with van der Waals surface area (Å²) >= 11 is 0. The number of rotatable bonds is 5. The fourth-order valence-corrected chi connectivity index (χ4v) is 2.88. The van der Waals surface area contributed by atoms with Gasteiger partial charge < -0.3 is 0 Å². The molecule has 0 aliphatic heterocycles. The third-order valence-electron chi connectivity index (χ3n) is 4.06. The first-order valence-electron chi connectivity index (χ1n) is 8.07. The molecule has 3 rings (SSSR count). The summed E-state index contributed by atoms with van der Waals surface area (Å²) in [7, 11) is 2.13. The van der Waals surface area contributed by atoms with Gasteiger partial charge in [0, 0.05) is 13.1 Å². The lowest BCUT2D eigenvalue weighted by molar-refractivity contribution is 0.319. The van der Waals surface area contributed by atoms with E-state index in [0.29, 0.717) is 5.56 Å². The topological polar surface area (TPSA) is 27.0 Å². The van der Waals surface area contributed by atoms with Crippen LogP contribution in [0.5, 0.6) is 0 Å². The third kappa shape index (κ3) is 3.90. The molecule has 0 aliphatic carbocycles. The molecule has 0 fully saturated rings. The van der Waals surface area contributed by atoms with E-state index in [-0.39, 0.29) is 0 Å². The van der Waals surface area contributed by atoms with E-state index in [0.717, 1.165) is 24.2 Å². The molecule has 0 saturated carbocycles. The van der Waals surface area contributed by atoms with Crippen LogP contribution in [0.25, 0.3) is 11.1 Å². The van der Waals surface area contributed by atoms with Crippen molar-refractivity contribution >= 4 is 0 Å². The maximum absolute atomic E-state index is 9.24. The lowest BCUT2D eigenvalue weighted by atomic mass is 9.99. The number of nitriles is 1. The van der Waals surface area contributed by atoms with E-state index in [4.69, 9.17) is 0 Å². The second kappa shape index (κ2) is 7.59. The molecule has 3 aromatic rings. The van der Waals surface area contributed by atoms with Crippen LogP contribution in [0.4, 0.5) is 0 Å². The van der Waals surface area contributed by atoms with Gasteiger partial charge >= 0.3 is 0 Å². The summed E-state index contributed by atoms with van der Waals surface area (Å²) in [5.74, 6) is 0. The molecular formula is C22H20N2. The highest BCUT2D eigenvalue weighted by Crippen LogP contribution is 2.23. The number of nitrogens with zero attached hydrogens (tertiary/aromatic N) is 2. The zero-order valence-corrected chi connectivity index (χ0v) is 13.8. The van der Waals surface area contributed by atoms with Gasteiger partial charge in [-0.3, -0.25) is 4.90 Å². The van der Waals surface area contributed by atoms with Gasteiger partial charge in [-0.1, -0.05) is 72.8 Å². The summed E-state index contributed by atoms with van der Waals surface area (Å²) in [5, 5.41) is 9.24. The molecule has 0 unspecified atom stereocenters. The van der Waals surface area contributed by atoms with Crippen LogP contribution < -0.4 is 0 Å². The molecular weight excluding hydrogens is 292 g/mol. The normalized spacial score (nSPS) is 10.5. The van der Waals surface area contributed by atoms with E-state index in [1.807, 2.05) is 30.3 Å². The number of hydrogen-bond acceptors (Lipinski definition) is 2. The summed E-state index contributed by atoms with van der Waals surface area (Å²) < 4.78 is 0. The molecule has 0 radical (unpaired) electrons. The van der Waals surface area contributed by atoms with Crippen molar-refractivity contribution in [2.45, 2.75) is 13.1 Å². The first-order valence-corrected chi connectivity index (χ1v) is 8.07. The van der Waals surface area contributed by atoms with Crippen LogP contribution in [0, 0.1) is 11.3 Å². The predicted octanol–water partition coefficient (Wildman–Crippen LogP) is 4.86. The van der Waals surface area contributed by atoms with Gasteiger partial charge in [-0.2, -0.15) is 5.26 Å². The fourth-order valence-electron chi connectivity index (χ4n) is 2.88. The molecule has 3 aromatic carbocycles. The van der Waals surface area contributed by atoms with Crippen molar-refractivity contribution in [3.63, 3.8) is 0 Å². The van der Waals surface area contributed by atoms with E-state index >= 15 is 0 Å². The van der Waals surface area contributed by atoms with Gasteiger partial charge in [-0.25, -0.2) is 0 Å². The van der Waals surface area contributed by atoms with Gasteiger partial charge in [0.1, 0.15) is 0 Å². The molecule has 0 atom stereocenters. The molecule has 0 heterocycles. The van der Waals surface area contributed by atoms with Crippen molar-refractivity contribution in [3.8, 4) is 17.2 Å². The second-order valence-corrected chi connectivity index (χ2v) is 6.01. The Hall–Kier alpha value is -2.89. The van der Waals surface area contributed by atoms with Crippen LogP contribution in [-0.4, -0.2) is 11.9 Å². The number of hydrogen-bond donors (Lipinski definition) is 0. The van der Waals surface area contributed by atoms with Gasteiger partial charge in [0.15, 0.2) is 0 Å². The minimum Gasteiger partial charge on any atom is -0.298 e. The monoisotopic (exact) mass is 312 g/mol. The highest BCUT2D eigenvalue weighted by molar-refractivity contribution is 5.70. The summed E-state index contributed by atoms with van der Waals surface area (Å²) in [4.78, 5) is 2.30. The lowest BCUT2D eigenvalue weighted by Crippen LogP contribution is -2.17. The Morgan fingerprint density at radius 3 is 2.00 bits per heavy atom. The van der Waals surface area contributed by atoms with Crippen molar-refractivity contribution in [2.75, 3.05) is 7.05 Å². The lowest BCUT2D eigenvalue weighted by Gasteiger charge is -2.17. The highest BCUT2D eigenvalue weighted by Gasteiger charge is 2.05. The highest BCUT2D eigenvalue weighted by atomic mass is 15.1. The van der Waals surface area contributed by atoms with Gasteiger partial charge in [-0.05, 0) is 35.4 Å². The molecule has 0 N–H and O–H groups in total. The van der Waals surface area contributed by atoms with Crippen molar-refractivity contribution in [3.05, 3.63) is 95.6 Å². The molecule has 0 spiro atoms. The van der Waals surface area contributed by atoms with Crippen LogP contribution in [0.15, 0.2) is 78.9 Å². The van der Waals surface area contributed by atoms with Crippen LogP contribution in [0.2, 0.25) is 0 Å². The van der Waals surface area contributed by atoms with E-state index in [1.165, 1.54) is 11.1 Å². The molecule has 0 amide bonds. The molecule has 2 heteroatoms. The zero-order valence-electron chi connectivity index (χ0n) is 13.8. The number of benzene rings is 3. The first-order chi connectivity index (χ1) is 11.8. The average Bonchev–Trinajstić information content (AvgIpc) is 2.63. The van der Waals surface area contributed by atoms with E-state index in [9.17, 15) is 5.26 Å². The quantitative estimate of drug-likeness (QED) is 0.673. The van der Waals surface area contributed by atoms with Gasteiger partial charge in [0.05, 0.1) is 11.6 Å². The SMILES string of the molecule is CN(Cc1ccccc1)Cc1ccc(-c2ccccc2C#N)cc1. The van der Waals surface area contributed by atoms with Crippen molar-refractivity contribution in [2.24, 2.45) is 0 Å². The maximum Gasteiger partial charge on any atom is 0.0998 e. The average molecular weight is 312 g/mol. The van der Waals surface area contributed by atoms with E-state index in [2.05, 4.69) is 66.5 Å². The van der Waals surface area contributed by atoms with E-state index < -0.39 is 0 Å². The molecule has 118 valence electrons. The van der Waals surface area contributed by atoms with Crippen LogP contribution in [0.3, 0.4) is 0 Å². The van der Waals surface area contributed by atoms with E-state index in [1.54, 1.807) is 0 Å². The Kier molecular flexibility index (Phi) is 5.05. The largest absolute Gasteiger partial charge is 0.298 e. The molecule has 0 saturated heterocycles. The van der Waals surface area contributed by atoms with Gasteiger partial charge in [-0.15, -0.1) is 0 Å². The van der Waals surface area contributed by atoms with Crippen molar-refractivity contribution in [1.29, 1.82) is 5.26 Å². The standard InChI is InChI=1S/C22H20N2/c1-24(16-18-7-3-2-4-8-18)17-19-11-13-20(14-12-19)22-10-6-5-9-21(22)15-23/h2-14H,16-17H2,1H3. The maximum atomic E-state index is 9.24. The Morgan fingerprint density at radius 2 is 1.33 bits per heavy atom. The second-order valence-electron chi connectivity index (χ2n) is 6.01. The Balaban J connectivity index is 1.70. The predicted molar refractivity (Wildman–Crippen MR) is 98.2 cm³/mol. The molecule has 0 aliphatic rings. The Labute approximate surface area is 143 Å². The van der Waals surface area contributed by atoms with Crippen LogP contribution >= 0.6 is 0 Å². The summed E-state index contributed by atoms with van der Waals surface area (Å²) in [6.45, 7) is 1.83. The van der Waals surface area contributed by atoms with Crippen LogP contribution in [-0.2, 0) is 13.1 Å². The minimum atomic E-state index is 0.714. The summed E-state index contributed by atoms with van der Waals surface area (Å²) in [6, 6.07) is 29.0. The Bertz CT molecular complexity index is 830. The molecule has 24 heavy (non-hydrogen) atoms. The van der Waals surface area contributed by atoms with Crippen molar-refractivity contribution < 1.29 is 0 Å². The summed E-state index contributed by atoms with van der Waals surface area (Å²) in [6.07, 6.45) is 0. The summed E-state index contributed by atoms with van der Waals surface area (Å²) in [5.41, 5.74) is 5.38. The first kappa shape index (κ1) is 16.0. The molecule has 0 aromatic heterocycles. The van der Waals surface area contributed by atoms with Crippen molar-refractivity contribution in [1.82, 2.24) is 4.90 Å². The van der Waals surface area contributed by atoms with Crippen LogP contribution in [0.1, 0.15) is 16.7 Å². The van der Waals surface area contributed by atoms with Gasteiger partial charge in [0.2, 0.25) is 0 Å². The van der Waals surface area contributed by atoms with Gasteiger partial charge in [0.25, 0.3) is 0 Å². The Morgan fingerprint density at radius 1 is 0.750 bits per heavy atom. The third-order valence-corrected chi connectivity index (χ3v) is 4.06. The minimum absolute atomic E-state index is 0.714. The molecule has 2 nitrogen and oxygen atoms in total. The smallest absolute Gasteiger partial charge is 0.0998 e. The fraction of sp³-hybridized carbons (Fsp3) is 0.136. The molecule has 0 bridgehead atoms.